The summed E-state index contributed by atoms with van der Waals surface area (Å²) >= 11 is 0. The van der Waals surface area contributed by atoms with Gasteiger partial charge in [0.25, 0.3) is 11.8 Å². The van der Waals surface area contributed by atoms with Gasteiger partial charge in [0.1, 0.15) is 0 Å². The van der Waals surface area contributed by atoms with Crippen molar-refractivity contribution in [2.24, 2.45) is 0 Å². The molecule has 3 rings (SSSR count). The first kappa shape index (κ1) is 22.5. The second-order valence-corrected chi connectivity index (χ2v) is 8.39. The van der Waals surface area contributed by atoms with Crippen molar-refractivity contribution in [1.82, 2.24) is 9.80 Å². The maximum absolute atomic E-state index is 12.3. The molecular formula is C20H30N2O8. The van der Waals surface area contributed by atoms with Crippen LogP contribution in [0.1, 0.15) is 51.4 Å². The van der Waals surface area contributed by atoms with E-state index in [-0.39, 0.29) is 38.0 Å². The molecule has 0 aromatic rings. The van der Waals surface area contributed by atoms with Crippen molar-refractivity contribution in [1.29, 1.82) is 0 Å². The summed E-state index contributed by atoms with van der Waals surface area (Å²) in [6.45, 7) is 0.194. The van der Waals surface area contributed by atoms with Gasteiger partial charge >= 0.3 is 11.9 Å². The van der Waals surface area contributed by atoms with E-state index >= 15 is 0 Å². The minimum Gasteiger partial charge on any atom is -0.453 e. The number of rotatable bonds is 6. The number of amides is 2. The Kier molecular flexibility index (Phi) is 6.97. The van der Waals surface area contributed by atoms with Crippen molar-refractivity contribution in [3.05, 3.63) is 0 Å². The number of hydrogen-bond acceptors (Lipinski definition) is 8. The van der Waals surface area contributed by atoms with Gasteiger partial charge in [0.05, 0.1) is 0 Å². The van der Waals surface area contributed by atoms with Gasteiger partial charge in [0.2, 0.25) is 0 Å². The number of hydrogen-bond donors (Lipinski definition) is 2. The van der Waals surface area contributed by atoms with Crippen molar-refractivity contribution in [3.63, 3.8) is 0 Å². The molecule has 1 heterocycles. The summed E-state index contributed by atoms with van der Waals surface area (Å²) in [6.07, 6.45) is 4.42. The SMILES string of the molecule is O=C(COC(=O)C1(O)CCCC1)N1CCN(C(=O)COC(=O)C2(O)CCCC2)CC1. The van der Waals surface area contributed by atoms with Crippen LogP contribution in [0.2, 0.25) is 0 Å². The zero-order valence-corrected chi connectivity index (χ0v) is 17.1. The molecule has 168 valence electrons. The zero-order valence-electron chi connectivity index (χ0n) is 17.1. The van der Waals surface area contributed by atoms with Gasteiger partial charge in [-0.15, -0.1) is 0 Å². The Morgan fingerprint density at radius 2 is 0.933 bits per heavy atom. The van der Waals surface area contributed by atoms with Gasteiger partial charge in [-0.2, -0.15) is 0 Å². The van der Waals surface area contributed by atoms with E-state index in [0.717, 1.165) is 25.7 Å². The molecule has 2 amide bonds. The van der Waals surface area contributed by atoms with Gasteiger partial charge in [0.15, 0.2) is 24.4 Å². The Morgan fingerprint density at radius 1 is 0.633 bits per heavy atom. The van der Waals surface area contributed by atoms with Crippen molar-refractivity contribution in [2.45, 2.75) is 62.6 Å². The van der Waals surface area contributed by atoms with E-state index in [9.17, 15) is 29.4 Å². The molecule has 0 atom stereocenters. The highest BCUT2D eigenvalue weighted by Crippen LogP contribution is 2.31. The molecule has 3 fully saturated rings. The smallest absolute Gasteiger partial charge is 0.338 e. The molecule has 1 aliphatic heterocycles. The number of esters is 2. The summed E-state index contributed by atoms with van der Waals surface area (Å²) in [6, 6.07) is 0. The van der Waals surface area contributed by atoms with Crippen LogP contribution in [0.25, 0.3) is 0 Å². The van der Waals surface area contributed by atoms with Crippen molar-refractivity contribution >= 4 is 23.8 Å². The van der Waals surface area contributed by atoms with Crippen LogP contribution in [0, 0.1) is 0 Å². The van der Waals surface area contributed by atoms with Gasteiger partial charge in [-0.3, -0.25) is 9.59 Å². The van der Waals surface area contributed by atoms with Crippen molar-refractivity contribution < 1.29 is 38.9 Å². The van der Waals surface area contributed by atoms with Gasteiger partial charge in [-0.25, -0.2) is 9.59 Å². The third kappa shape index (κ3) is 5.10. The van der Waals surface area contributed by atoms with Crippen LogP contribution < -0.4 is 0 Å². The molecule has 0 unspecified atom stereocenters. The van der Waals surface area contributed by atoms with Crippen molar-refractivity contribution in [2.75, 3.05) is 39.4 Å². The maximum atomic E-state index is 12.3. The van der Waals surface area contributed by atoms with E-state index in [2.05, 4.69) is 0 Å². The third-order valence-electron chi connectivity index (χ3n) is 6.26. The molecule has 2 N–H and O–H groups in total. The fourth-order valence-corrected chi connectivity index (χ4v) is 4.24. The molecule has 10 heteroatoms. The van der Waals surface area contributed by atoms with Gasteiger partial charge in [0, 0.05) is 26.2 Å². The van der Waals surface area contributed by atoms with Crippen LogP contribution in [0.3, 0.4) is 0 Å². The normalized spacial score (nSPS) is 22.6. The second-order valence-electron chi connectivity index (χ2n) is 8.39. The molecule has 3 aliphatic rings. The average Bonchev–Trinajstić information content (AvgIpc) is 3.40. The van der Waals surface area contributed by atoms with Crippen LogP contribution in [0.4, 0.5) is 0 Å². The first-order valence-corrected chi connectivity index (χ1v) is 10.6. The topological polar surface area (TPSA) is 134 Å². The summed E-state index contributed by atoms with van der Waals surface area (Å²) in [5.41, 5.74) is -2.96. The van der Waals surface area contributed by atoms with Crippen LogP contribution in [0.5, 0.6) is 0 Å². The first-order valence-electron chi connectivity index (χ1n) is 10.6. The lowest BCUT2D eigenvalue weighted by Gasteiger charge is -2.34. The summed E-state index contributed by atoms with van der Waals surface area (Å²) in [5, 5.41) is 20.3. The van der Waals surface area contributed by atoms with E-state index in [1.165, 1.54) is 9.80 Å². The molecule has 0 radical (unpaired) electrons. The number of aliphatic hydroxyl groups is 2. The summed E-state index contributed by atoms with van der Waals surface area (Å²) < 4.78 is 10.00. The minimum absolute atomic E-state index is 0.268. The molecule has 0 aromatic carbocycles. The lowest BCUT2D eigenvalue weighted by Crippen LogP contribution is -2.52. The maximum Gasteiger partial charge on any atom is 0.338 e. The van der Waals surface area contributed by atoms with E-state index in [1.54, 1.807) is 0 Å². The lowest BCUT2D eigenvalue weighted by molar-refractivity contribution is -0.170. The first-order chi connectivity index (χ1) is 14.2. The standard InChI is InChI=1S/C20H30N2O8/c23-15(13-29-17(25)19(27)5-1-2-6-19)21-9-11-22(12-10-21)16(24)14-30-18(26)20(28)7-3-4-8-20/h27-28H,1-14H2. The Hall–Kier alpha value is -2.20. The van der Waals surface area contributed by atoms with Gasteiger partial charge < -0.3 is 29.5 Å². The second kappa shape index (κ2) is 9.30. The van der Waals surface area contributed by atoms with Crippen LogP contribution in [-0.4, -0.2) is 94.4 Å². The van der Waals surface area contributed by atoms with Crippen LogP contribution in [0.15, 0.2) is 0 Å². The molecule has 10 nitrogen and oxygen atoms in total. The number of carbonyl (C=O) groups excluding carboxylic acids is 4. The quantitative estimate of drug-likeness (QED) is 0.536. The number of carbonyl (C=O) groups is 4. The molecule has 2 aliphatic carbocycles. The van der Waals surface area contributed by atoms with E-state index in [1.807, 2.05) is 0 Å². The molecule has 0 aromatic heterocycles. The lowest BCUT2D eigenvalue weighted by atomic mass is 10.0. The predicted octanol–water partition coefficient (Wildman–Crippen LogP) is -0.646. The monoisotopic (exact) mass is 426 g/mol. The van der Waals surface area contributed by atoms with Crippen molar-refractivity contribution in [3.8, 4) is 0 Å². The Balaban J connectivity index is 1.36. The highest BCUT2D eigenvalue weighted by atomic mass is 16.6. The minimum atomic E-state index is -1.48. The molecule has 0 spiro atoms. The molecule has 2 saturated carbocycles. The Morgan fingerprint density at radius 3 is 1.23 bits per heavy atom. The number of ether oxygens (including phenoxy) is 2. The van der Waals surface area contributed by atoms with Crippen LogP contribution >= 0.6 is 0 Å². The number of piperazine rings is 1. The van der Waals surface area contributed by atoms with E-state index in [0.29, 0.717) is 25.7 Å². The van der Waals surface area contributed by atoms with E-state index in [4.69, 9.17) is 9.47 Å². The van der Waals surface area contributed by atoms with Crippen LogP contribution in [-0.2, 0) is 28.7 Å². The summed E-state index contributed by atoms with van der Waals surface area (Å²) in [4.78, 5) is 51.5. The Labute approximate surface area is 175 Å². The van der Waals surface area contributed by atoms with Gasteiger partial charge in [-0.1, -0.05) is 0 Å². The molecule has 30 heavy (non-hydrogen) atoms. The molecule has 0 bridgehead atoms. The summed E-state index contributed by atoms with van der Waals surface area (Å²) in [7, 11) is 0. The fourth-order valence-electron chi connectivity index (χ4n) is 4.24. The van der Waals surface area contributed by atoms with E-state index < -0.39 is 36.4 Å². The average molecular weight is 426 g/mol. The third-order valence-corrected chi connectivity index (χ3v) is 6.26. The number of nitrogens with zero attached hydrogens (tertiary/aromatic N) is 2. The molecular weight excluding hydrogens is 396 g/mol. The highest BCUT2D eigenvalue weighted by molar-refractivity contribution is 5.85. The molecule has 1 saturated heterocycles. The fraction of sp³-hybridized carbons (Fsp3) is 0.800. The predicted molar refractivity (Wildman–Crippen MR) is 102 cm³/mol. The Bertz CT molecular complexity index is 616. The zero-order chi connectivity index (χ0) is 21.8. The highest BCUT2D eigenvalue weighted by Gasteiger charge is 2.42. The summed E-state index contributed by atoms with van der Waals surface area (Å²) in [5.74, 6) is -2.28. The largest absolute Gasteiger partial charge is 0.453 e. The van der Waals surface area contributed by atoms with Gasteiger partial charge in [-0.05, 0) is 51.4 Å².